The van der Waals surface area contributed by atoms with E-state index in [0.29, 0.717) is 13.0 Å². The monoisotopic (exact) mass is 373 g/mol. The van der Waals surface area contributed by atoms with Crippen LogP contribution in [0.3, 0.4) is 0 Å². The van der Waals surface area contributed by atoms with E-state index in [1.165, 1.54) is 5.56 Å². The Morgan fingerprint density at radius 3 is 2.59 bits per heavy atom. The van der Waals surface area contributed by atoms with Crippen LogP contribution in [-0.4, -0.2) is 27.1 Å². The van der Waals surface area contributed by atoms with E-state index in [1.807, 2.05) is 48.8 Å². The van der Waals surface area contributed by atoms with Crippen LogP contribution in [0, 0.1) is 6.92 Å². The Morgan fingerprint density at radius 1 is 1.26 bits per heavy atom. The van der Waals surface area contributed by atoms with Crippen molar-refractivity contribution < 1.29 is 13.6 Å². The van der Waals surface area contributed by atoms with E-state index in [2.05, 4.69) is 17.2 Å². The van der Waals surface area contributed by atoms with Crippen LogP contribution in [0.2, 0.25) is 0 Å². The number of aryl methyl sites for hydroxylation is 1. The number of carbonyl (C=O) groups excluding carboxylic acids is 1. The number of aromatic nitrogens is 2. The number of hydrogen-bond acceptors (Lipinski definition) is 2. The average Bonchev–Trinajstić information content (AvgIpc) is 2.98. The molecule has 2 aromatic rings. The molecule has 1 amide bonds. The maximum Gasteiger partial charge on any atom is 0.266 e. The molecule has 0 radical (unpaired) electrons. The summed E-state index contributed by atoms with van der Waals surface area (Å²) in [5.74, 6) is 0.0782. The second kappa shape index (κ2) is 8.03. The van der Waals surface area contributed by atoms with Gasteiger partial charge in [-0.05, 0) is 43.9 Å². The molecular formula is C21H25F2N3O. The zero-order valence-electron chi connectivity index (χ0n) is 16.0. The van der Waals surface area contributed by atoms with E-state index < -0.39 is 6.08 Å². The van der Waals surface area contributed by atoms with Crippen molar-refractivity contribution in [3.8, 4) is 0 Å². The van der Waals surface area contributed by atoms with Gasteiger partial charge >= 0.3 is 0 Å². The minimum absolute atomic E-state index is 0.0104. The molecule has 3 rings (SSSR count). The van der Waals surface area contributed by atoms with Gasteiger partial charge in [-0.15, -0.1) is 0 Å². The molecule has 2 heterocycles. The summed E-state index contributed by atoms with van der Waals surface area (Å²) in [6.07, 6.45) is 1.99. The molecule has 1 aromatic heterocycles. The van der Waals surface area contributed by atoms with Crippen molar-refractivity contribution in [3.05, 3.63) is 65.0 Å². The predicted molar refractivity (Wildman–Crippen MR) is 101 cm³/mol. The topological polar surface area (TPSA) is 38.1 Å². The summed E-state index contributed by atoms with van der Waals surface area (Å²) in [6, 6.07) is 8.18. The average molecular weight is 373 g/mol. The summed E-state index contributed by atoms with van der Waals surface area (Å²) in [6.45, 7) is 4.65. The van der Waals surface area contributed by atoms with Crippen LogP contribution >= 0.6 is 0 Å². The number of fused-ring (bicyclic) bond motifs is 1. The molecule has 0 saturated carbocycles. The van der Waals surface area contributed by atoms with Crippen LogP contribution in [0.15, 0.2) is 42.6 Å². The lowest BCUT2D eigenvalue weighted by molar-refractivity contribution is -0.134. The smallest absolute Gasteiger partial charge is 0.266 e. The molecule has 0 fully saturated rings. The van der Waals surface area contributed by atoms with E-state index in [4.69, 9.17) is 0 Å². The van der Waals surface area contributed by atoms with Gasteiger partial charge < -0.3 is 4.90 Å². The van der Waals surface area contributed by atoms with E-state index in [0.717, 1.165) is 22.9 Å². The fourth-order valence-corrected chi connectivity index (χ4v) is 3.88. The largest absolute Gasteiger partial charge is 0.335 e. The number of allylic oxidation sites excluding steroid dienone is 1. The molecule has 0 N–H and O–H groups in total. The maximum atomic E-state index is 12.8. The first-order valence-electron chi connectivity index (χ1n) is 9.28. The fraction of sp³-hybridized carbons (Fsp3) is 0.429. The van der Waals surface area contributed by atoms with Crippen molar-refractivity contribution in [3.63, 3.8) is 0 Å². The van der Waals surface area contributed by atoms with Crippen molar-refractivity contribution in [2.24, 2.45) is 7.05 Å². The number of carbonyl (C=O) groups is 1. The molecule has 0 spiro atoms. The lowest BCUT2D eigenvalue weighted by Gasteiger charge is -2.40. The van der Waals surface area contributed by atoms with Crippen LogP contribution in [-0.2, 0) is 11.8 Å². The van der Waals surface area contributed by atoms with E-state index in [9.17, 15) is 13.6 Å². The maximum absolute atomic E-state index is 12.8. The zero-order valence-corrected chi connectivity index (χ0v) is 16.0. The first-order chi connectivity index (χ1) is 12.9. The Hall–Kier alpha value is -2.50. The van der Waals surface area contributed by atoms with Gasteiger partial charge in [0.15, 0.2) is 0 Å². The number of unbranched alkanes of at least 4 members (excludes halogenated alkanes) is 1. The third-order valence-corrected chi connectivity index (χ3v) is 5.53. The molecule has 0 saturated heterocycles. The summed E-state index contributed by atoms with van der Waals surface area (Å²) < 4.78 is 26.2. The summed E-state index contributed by atoms with van der Waals surface area (Å²) in [4.78, 5) is 14.7. The lowest BCUT2D eigenvalue weighted by atomic mass is 9.81. The Labute approximate surface area is 158 Å². The molecule has 6 heteroatoms. The Bertz CT molecular complexity index is 855. The minimum Gasteiger partial charge on any atom is -0.335 e. The van der Waals surface area contributed by atoms with Crippen molar-refractivity contribution in [2.75, 3.05) is 6.54 Å². The van der Waals surface area contributed by atoms with Gasteiger partial charge in [-0.1, -0.05) is 24.3 Å². The number of hydrogen-bond donors (Lipinski definition) is 0. The molecule has 2 atom stereocenters. The fourth-order valence-electron chi connectivity index (χ4n) is 3.88. The lowest BCUT2D eigenvalue weighted by Crippen LogP contribution is -2.41. The highest BCUT2D eigenvalue weighted by molar-refractivity contribution is 5.77. The molecule has 0 unspecified atom stereocenters. The van der Waals surface area contributed by atoms with Crippen LogP contribution in [0.5, 0.6) is 0 Å². The van der Waals surface area contributed by atoms with Gasteiger partial charge in [0.05, 0.1) is 12.2 Å². The molecule has 27 heavy (non-hydrogen) atoms. The highest BCUT2D eigenvalue weighted by Gasteiger charge is 2.34. The highest BCUT2D eigenvalue weighted by Crippen LogP contribution is 2.40. The molecular weight excluding hydrogens is 348 g/mol. The summed E-state index contributed by atoms with van der Waals surface area (Å²) in [7, 11) is 1.91. The Balaban J connectivity index is 1.86. The van der Waals surface area contributed by atoms with E-state index in [1.54, 1.807) is 0 Å². The molecule has 144 valence electrons. The van der Waals surface area contributed by atoms with Gasteiger partial charge in [0.2, 0.25) is 5.91 Å². The molecule has 0 aliphatic carbocycles. The standard InChI is InChI=1S/C21H25F2N3O/c1-14-18(12-24-25(14)3)19-13-26(21(27)11-7-6-10-20(22)23)15(2)16-8-4-5-9-17(16)19/h4-5,8-10,12,15,19H,6-7,11,13H2,1-3H3/t15-,19-/m0/s1. The van der Waals surface area contributed by atoms with Gasteiger partial charge in [0.1, 0.15) is 0 Å². The van der Waals surface area contributed by atoms with Gasteiger partial charge in [-0.25, -0.2) is 0 Å². The van der Waals surface area contributed by atoms with Gasteiger partial charge in [0, 0.05) is 37.2 Å². The quantitative estimate of drug-likeness (QED) is 0.712. The second-order valence-electron chi connectivity index (χ2n) is 7.10. The Morgan fingerprint density at radius 2 is 1.96 bits per heavy atom. The normalized spacial score (nSPS) is 18.9. The summed E-state index contributed by atoms with van der Waals surface area (Å²) in [5, 5.41) is 4.37. The van der Waals surface area contributed by atoms with E-state index >= 15 is 0 Å². The van der Waals surface area contributed by atoms with Crippen LogP contribution in [0.4, 0.5) is 8.78 Å². The third-order valence-electron chi connectivity index (χ3n) is 5.53. The first-order valence-corrected chi connectivity index (χ1v) is 9.28. The van der Waals surface area contributed by atoms with Crippen molar-refractivity contribution in [2.45, 2.75) is 45.1 Å². The second-order valence-corrected chi connectivity index (χ2v) is 7.10. The summed E-state index contributed by atoms with van der Waals surface area (Å²) >= 11 is 0. The van der Waals surface area contributed by atoms with Crippen molar-refractivity contribution in [1.82, 2.24) is 14.7 Å². The van der Waals surface area contributed by atoms with Gasteiger partial charge in [-0.2, -0.15) is 13.9 Å². The van der Waals surface area contributed by atoms with Gasteiger partial charge in [0.25, 0.3) is 6.08 Å². The Kier molecular flexibility index (Phi) is 5.73. The molecule has 1 aromatic carbocycles. The zero-order chi connectivity index (χ0) is 19.6. The van der Waals surface area contributed by atoms with Crippen LogP contribution in [0.25, 0.3) is 0 Å². The number of nitrogens with zero attached hydrogens (tertiary/aromatic N) is 3. The van der Waals surface area contributed by atoms with Crippen molar-refractivity contribution in [1.29, 1.82) is 0 Å². The number of halogens is 2. The predicted octanol–water partition coefficient (Wildman–Crippen LogP) is 4.71. The molecule has 1 aliphatic heterocycles. The minimum atomic E-state index is -1.69. The van der Waals surface area contributed by atoms with E-state index in [-0.39, 0.29) is 30.7 Å². The van der Waals surface area contributed by atoms with Gasteiger partial charge in [-0.3, -0.25) is 9.48 Å². The van der Waals surface area contributed by atoms with Crippen molar-refractivity contribution >= 4 is 5.91 Å². The number of benzene rings is 1. The number of rotatable bonds is 5. The third kappa shape index (κ3) is 3.94. The van der Waals surface area contributed by atoms with Crippen LogP contribution < -0.4 is 0 Å². The SMILES string of the molecule is Cc1c([C@H]2CN(C(=O)CCCC=C(F)F)[C@@H](C)c3ccccc32)cnn1C. The summed E-state index contributed by atoms with van der Waals surface area (Å²) in [5.41, 5.74) is 4.57. The van der Waals surface area contributed by atoms with Crippen LogP contribution in [0.1, 0.15) is 60.5 Å². The molecule has 4 nitrogen and oxygen atoms in total. The highest BCUT2D eigenvalue weighted by atomic mass is 19.3. The first kappa shape index (κ1) is 19.3. The molecule has 0 bridgehead atoms. The molecule has 1 aliphatic rings. The number of amides is 1.